The second kappa shape index (κ2) is 6.59. The van der Waals surface area contributed by atoms with Crippen molar-refractivity contribution >= 4 is 16.0 Å². The van der Waals surface area contributed by atoms with E-state index in [1.807, 2.05) is 0 Å². The highest BCUT2D eigenvalue weighted by Gasteiger charge is 2.23. The summed E-state index contributed by atoms with van der Waals surface area (Å²) in [5.41, 5.74) is 0.550. The van der Waals surface area contributed by atoms with Crippen LogP contribution in [0.4, 0.5) is 0 Å². The molecule has 0 saturated heterocycles. The third-order valence-electron chi connectivity index (χ3n) is 3.01. The molecular formula is C15H15NO5S. The summed E-state index contributed by atoms with van der Waals surface area (Å²) in [5, 5.41) is 18.4. The van der Waals surface area contributed by atoms with Crippen LogP contribution in [-0.4, -0.2) is 24.6 Å². The first kappa shape index (κ1) is 16.0. The summed E-state index contributed by atoms with van der Waals surface area (Å²) >= 11 is 0. The molecule has 2 aromatic carbocycles. The van der Waals surface area contributed by atoms with Crippen molar-refractivity contribution in [3.05, 3.63) is 60.2 Å². The zero-order valence-corrected chi connectivity index (χ0v) is 12.3. The van der Waals surface area contributed by atoms with Crippen molar-refractivity contribution in [1.29, 1.82) is 0 Å². The zero-order valence-electron chi connectivity index (χ0n) is 11.5. The first-order valence-electron chi connectivity index (χ1n) is 6.46. The Labute approximate surface area is 128 Å². The molecule has 0 bridgehead atoms. The molecule has 2 rings (SSSR count). The molecule has 3 N–H and O–H groups in total. The second-order valence-corrected chi connectivity index (χ2v) is 6.39. The predicted molar refractivity (Wildman–Crippen MR) is 79.9 cm³/mol. The summed E-state index contributed by atoms with van der Waals surface area (Å²) in [7, 11) is -3.95. The van der Waals surface area contributed by atoms with Crippen molar-refractivity contribution in [2.75, 3.05) is 0 Å². The largest absolute Gasteiger partial charge is 0.508 e. The topological polar surface area (TPSA) is 104 Å². The molecule has 1 atom stereocenters. The van der Waals surface area contributed by atoms with Gasteiger partial charge >= 0.3 is 5.97 Å². The van der Waals surface area contributed by atoms with Crippen molar-refractivity contribution in [2.45, 2.75) is 17.4 Å². The highest BCUT2D eigenvalue weighted by molar-refractivity contribution is 7.89. The SMILES string of the molecule is O=C(O)CC(NS(=O)(=O)c1cccc(O)c1)c1ccccc1. The van der Waals surface area contributed by atoms with Crippen molar-refractivity contribution in [3.63, 3.8) is 0 Å². The van der Waals surface area contributed by atoms with Crippen LogP contribution in [0.1, 0.15) is 18.0 Å². The molecule has 0 aliphatic heterocycles. The first-order valence-corrected chi connectivity index (χ1v) is 7.95. The lowest BCUT2D eigenvalue weighted by Gasteiger charge is -2.17. The molecule has 0 heterocycles. The lowest BCUT2D eigenvalue weighted by atomic mass is 10.1. The number of phenols is 1. The van der Waals surface area contributed by atoms with Gasteiger partial charge < -0.3 is 10.2 Å². The third kappa shape index (κ3) is 4.06. The maximum atomic E-state index is 12.3. The molecule has 0 spiro atoms. The minimum atomic E-state index is -3.95. The number of aromatic hydroxyl groups is 1. The van der Waals surface area contributed by atoms with Gasteiger partial charge in [0.25, 0.3) is 0 Å². The molecule has 6 nitrogen and oxygen atoms in total. The van der Waals surface area contributed by atoms with E-state index in [4.69, 9.17) is 5.11 Å². The molecule has 0 aromatic heterocycles. The molecular weight excluding hydrogens is 306 g/mol. The maximum Gasteiger partial charge on any atom is 0.305 e. The van der Waals surface area contributed by atoms with Gasteiger partial charge in [0.05, 0.1) is 17.4 Å². The van der Waals surface area contributed by atoms with Crippen molar-refractivity contribution in [1.82, 2.24) is 4.72 Å². The number of carboxylic acid groups (broad SMARTS) is 1. The zero-order chi connectivity index (χ0) is 16.2. The quantitative estimate of drug-likeness (QED) is 0.754. The van der Waals surface area contributed by atoms with Crippen molar-refractivity contribution < 1.29 is 23.4 Å². The van der Waals surface area contributed by atoms with Crippen LogP contribution in [0.2, 0.25) is 0 Å². The summed E-state index contributed by atoms with van der Waals surface area (Å²) in [6, 6.07) is 12.7. The van der Waals surface area contributed by atoms with Crippen LogP contribution >= 0.6 is 0 Å². The van der Waals surface area contributed by atoms with Crippen LogP contribution in [0, 0.1) is 0 Å². The average Bonchev–Trinajstić information content (AvgIpc) is 2.47. The molecule has 7 heteroatoms. The van der Waals surface area contributed by atoms with E-state index in [-0.39, 0.29) is 17.1 Å². The molecule has 2 aromatic rings. The van der Waals surface area contributed by atoms with E-state index < -0.39 is 22.0 Å². The highest BCUT2D eigenvalue weighted by Crippen LogP contribution is 2.22. The third-order valence-corrected chi connectivity index (χ3v) is 4.48. The van der Waals surface area contributed by atoms with E-state index in [9.17, 15) is 18.3 Å². The summed E-state index contributed by atoms with van der Waals surface area (Å²) in [6.45, 7) is 0. The van der Waals surface area contributed by atoms with Gasteiger partial charge in [0, 0.05) is 0 Å². The van der Waals surface area contributed by atoms with E-state index >= 15 is 0 Å². The van der Waals surface area contributed by atoms with Gasteiger partial charge in [0.1, 0.15) is 5.75 Å². The molecule has 0 fully saturated rings. The lowest BCUT2D eigenvalue weighted by Crippen LogP contribution is -2.30. The summed E-state index contributed by atoms with van der Waals surface area (Å²) in [4.78, 5) is 10.9. The number of aliphatic carboxylic acids is 1. The molecule has 0 aliphatic carbocycles. The van der Waals surface area contributed by atoms with Gasteiger partial charge in [-0.2, -0.15) is 0 Å². The fraction of sp³-hybridized carbons (Fsp3) is 0.133. The van der Waals surface area contributed by atoms with Crippen LogP contribution in [0.15, 0.2) is 59.5 Å². The molecule has 0 amide bonds. The Kier molecular flexibility index (Phi) is 4.79. The predicted octanol–water partition coefficient (Wildman–Crippen LogP) is 1.89. The van der Waals surface area contributed by atoms with Crippen LogP contribution in [0.3, 0.4) is 0 Å². The average molecular weight is 321 g/mol. The number of phenolic OH excluding ortho intramolecular Hbond substituents is 1. The van der Waals surface area contributed by atoms with Crippen molar-refractivity contribution in [3.8, 4) is 5.75 Å². The fourth-order valence-electron chi connectivity index (χ4n) is 1.99. The second-order valence-electron chi connectivity index (χ2n) is 4.68. The van der Waals surface area contributed by atoms with E-state index in [2.05, 4.69) is 4.72 Å². The van der Waals surface area contributed by atoms with Gasteiger partial charge in [-0.05, 0) is 23.8 Å². The molecule has 0 saturated carbocycles. The number of nitrogens with one attached hydrogen (secondary N) is 1. The van der Waals surface area contributed by atoms with E-state index in [0.29, 0.717) is 5.56 Å². The van der Waals surface area contributed by atoms with Gasteiger partial charge in [0.2, 0.25) is 10.0 Å². The van der Waals surface area contributed by atoms with Gasteiger partial charge in [-0.3, -0.25) is 4.79 Å². The highest BCUT2D eigenvalue weighted by atomic mass is 32.2. The van der Waals surface area contributed by atoms with Crippen molar-refractivity contribution in [2.24, 2.45) is 0 Å². The standard InChI is InChI=1S/C15H15NO5S/c17-12-7-4-8-13(9-12)22(20,21)16-14(10-15(18)19)11-5-2-1-3-6-11/h1-9,14,16-17H,10H2,(H,18,19). The Morgan fingerprint density at radius 3 is 2.36 bits per heavy atom. The maximum absolute atomic E-state index is 12.3. The van der Waals surface area contributed by atoms with Crippen LogP contribution < -0.4 is 4.72 Å². The Morgan fingerprint density at radius 1 is 1.09 bits per heavy atom. The summed E-state index contributed by atoms with van der Waals surface area (Å²) in [6.07, 6.45) is -0.387. The van der Waals surface area contributed by atoms with E-state index in [0.717, 1.165) is 6.07 Å². The Hall–Kier alpha value is -2.38. The van der Waals surface area contributed by atoms with Gasteiger partial charge in [-0.1, -0.05) is 36.4 Å². The lowest BCUT2D eigenvalue weighted by molar-refractivity contribution is -0.137. The molecule has 116 valence electrons. The van der Waals surface area contributed by atoms with Crippen LogP contribution in [0.5, 0.6) is 5.75 Å². The van der Waals surface area contributed by atoms with E-state index in [1.165, 1.54) is 18.2 Å². The van der Waals surface area contributed by atoms with Crippen LogP contribution in [-0.2, 0) is 14.8 Å². The normalized spacial score (nSPS) is 12.7. The molecule has 0 aliphatic rings. The van der Waals surface area contributed by atoms with E-state index in [1.54, 1.807) is 30.3 Å². The van der Waals surface area contributed by atoms with Gasteiger partial charge in [-0.15, -0.1) is 0 Å². The number of rotatable bonds is 6. The molecule has 0 radical (unpaired) electrons. The number of hydrogen-bond acceptors (Lipinski definition) is 4. The fourth-order valence-corrected chi connectivity index (χ4v) is 3.26. The minimum Gasteiger partial charge on any atom is -0.508 e. The Balaban J connectivity index is 2.32. The number of sulfonamides is 1. The van der Waals surface area contributed by atoms with Crippen LogP contribution in [0.25, 0.3) is 0 Å². The first-order chi connectivity index (χ1) is 10.4. The van der Waals surface area contributed by atoms with Gasteiger partial charge in [0.15, 0.2) is 0 Å². The Bertz CT molecular complexity index is 759. The number of hydrogen-bond donors (Lipinski definition) is 3. The smallest absolute Gasteiger partial charge is 0.305 e. The number of carbonyl (C=O) groups is 1. The molecule has 22 heavy (non-hydrogen) atoms. The number of benzene rings is 2. The Morgan fingerprint density at radius 2 is 1.77 bits per heavy atom. The summed E-state index contributed by atoms with van der Waals surface area (Å²) < 4.78 is 27.0. The monoisotopic (exact) mass is 321 g/mol. The van der Waals surface area contributed by atoms with Gasteiger partial charge in [-0.25, -0.2) is 13.1 Å². The minimum absolute atomic E-state index is 0.126. The number of carboxylic acids is 1. The molecule has 1 unspecified atom stereocenters. The summed E-state index contributed by atoms with van der Waals surface area (Å²) in [5.74, 6) is -1.30.